The second kappa shape index (κ2) is 55.7. The van der Waals surface area contributed by atoms with Gasteiger partial charge in [-0.2, -0.15) is 0 Å². The minimum atomic E-state index is -0.755. The highest BCUT2D eigenvalue weighted by molar-refractivity contribution is 5.69. The second-order valence-corrected chi connectivity index (χ2v) is 17.1. The Morgan fingerprint density at radius 1 is 0.507 bits per heavy atom. The molecule has 0 bridgehead atoms. The summed E-state index contributed by atoms with van der Waals surface area (Å²) in [5.74, 6) is 24.6. The standard InChI is InChI=1S/C57H85NO11.3C2H6/c1-6-11-15-19-23-27-38-63-55(62-37-26-22-18-14-9-4)34-32-53(59)66-46-50-41-51(43-52(42-50)48-69-57(61)68-45-49-31-30-36-58(10-5)44-49)47-67-54(60)33-35-56(64-39-28-24-20-16-12-7-2)65-40-29-25-21-17-13-8-3;3*1-2/h41-43,49,55-56H,6-17,26-40,44-48H2,1-5H3;3*1-2H3. The van der Waals surface area contributed by atoms with Gasteiger partial charge in [0.05, 0.1) is 45.9 Å². The first-order chi connectivity index (χ1) is 36.8. The van der Waals surface area contributed by atoms with E-state index in [1.165, 1.54) is 0 Å². The van der Waals surface area contributed by atoms with Crippen LogP contribution in [0.15, 0.2) is 18.2 Å². The smallest absolute Gasteiger partial charge is 0.461 e. The quantitative estimate of drug-likeness (QED) is 0.0214. The summed E-state index contributed by atoms with van der Waals surface area (Å²) in [6, 6.07) is 5.40. The molecule has 2 rings (SSSR count). The summed E-state index contributed by atoms with van der Waals surface area (Å²) in [6.07, 6.45) is 14.1. The SMILES string of the molecule is CC.CC.CC.CCCC#CCCOC(CCC(=O)OCc1cc(COC(=O)CCC(OCCC#CCCCC)OCCC#CCCCC)cc(COC(=O)OCC2CCCN(CC)C2)c1)OCCC#CCCCC. The van der Waals surface area contributed by atoms with Gasteiger partial charge in [-0.3, -0.25) is 9.59 Å². The van der Waals surface area contributed by atoms with Crippen molar-refractivity contribution in [1.29, 1.82) is 0 Å². The van der Waals surface area contributed by atoms with E-state index in [9.17, 15) is 14.4 Å². The van der Waals surface area contributed by atoms with Gasteiger partial charge in [0.2, 0.25) is 0 Å². The summed E-state index contributed by atoms with van der Waals surface area (Å²) in [5, 5.41) is 0. The molecule has 2 atom stereocenters. The zero-order valence-electron chi connectivity index (χ0n) is 49.0. The third-order valence-electron chi connectivity index (χ3n) is 10.9. The van der Waals surface area contributed by atoms with Gasteiger partial charge in [0.25, 0.3) is 0 Å². The molecule has 0 spiro atoms. The van der Waals surface area contributed by atoms with E-state index >= 15 is 0 Å². The van der Waals surface area contributed by atoms with Crippen molar-refractivity contribution in [3.05, 3.63) is 34.9 Å². The van der Waals surface area contributed by atoms with Crippen LogP contribution in [-0.2, 0) is 67.3 Å². The summed E-state index contributed by atoms with van der Waals surface area (Å²) in [7, 11) is 0. The van der Waals surface area contributed by atoms with E-state index in [1.807, 2.05) is 41.5 Å². The van der Waals surface area contributed by atoms with E-state index in [2.05, 4.69) is 86.9 Å². The van der Waals surface area contributed by atoms with Crippen molar-refractivity contribution in [3.8, 4) is 47.4 Å². The molecule has 1 aliphatic rings. The normalized spacial score (nSPS) is 12.8. The molecule has 2 unspecified atom stereocenters. The number of nitrogens with zero attached hydrogens (tertiary/aromatic N) is 1. The number of likely N-dealkylation sites (tertiary alicyclic amines) is 1. The van der Waals surface area contributed by atoms with Crippen molar-refractivity contribution in [3.63, 3.8) is 0 Å². The molecule has 1 aliphatic heterocycles. The molecule has 12 nitrogen and oxygen atoms in total. The monoisotopic (exact) mass is 1050 g/mol. The Hall–Kier alpha value is -4.53. The fraction of sp³-hybridized carbons (Fsp3) is 0.730. The Morgan fingerprint density at radius 3 is 1.25 bits per heavy atom. The summed E-state index contributed by atoms with van der Waals surface area (Å²) < 4.78 is 46.4. The molecule has 1 aromatic rings. The summed E-state index contributed by atoms with van der Waals surface area (Å²) in [4.78, 5) is 41.3. The first kappa shape index (κ1) is 72.5. The molecular formula is C63H103NO11. The highest BCUT2D eigenvalue weighted by Gasteiger charge is 2.21. The van der Waals surface area contributed by atoms with Crippen LogP contribution >= 0.6 is 0 Å². The maximum atomic E-state index is 13.1. The zero-order valence-corrected chi connectivity index (χ0v) is 49.0. The average molecular weight is 1050 g/mol. The van der Waals surface area contributed by atoms with Gasteiger partial charge in [0.1, 0.15) is 19.8 Å². The van der Waals surface area contributed by atoms with Gasteiger partial charge in [-0.15, -0.1) is 47.4 Å². The Labute approximate surface area is 457 Å². The minimum absolute atomic E-state index is 0.0527. The first-order valence-electron chi connectivity index (χ1n) is 29.0. The molecule has 1 heterocycles. The second-order valence-electron chi connectivity index (χ2n) is 17.1. The van der Waals surface area contributed by atoms with Crippen molar-refractivity contribution < 1.29 is 52.3 Å². The molecule has 1 fully saturated rings. The van der Waals surface area contributed by atoms with E-state index in [1.54, 1.807) is 18.2 Å². The molecule has 0 N–H and O–H groups in total. The van der Waals surface area contributed by atoms with Crippen molar-refractivity contribution in [2.75, 3.05) is 52.7 Å². The number of carbonyl (C=O) groups excluding carboxylic acids is 3. The predicted molar refractivity (Wildman–Crippen MR) is 304 cm³/mol. The van der Waals surface area contributed by atoms with Crippen LogP contribution in [0.25, 0.3) is 0 Å². The lowest BCUT2D eigenvalue weighted by Crippen LogP contribution is -2.37. The molecule has 0 radical (unpaired) electrons. The highest BCUT2D eigenvalue weighted by atomic mass is 16.7. The molecule has 426 valence electrons. The number of benzene rings is 1. The summed E-state index contributed by atoms with van der Waals surface area (Å²) >= 11 is 0. The zero-order chi connectivity index (χ0) is 55.8. The van der Waals surface area contributed by atoms with Crippen LogP contribution < -0.4 is 0 Å². The van der Waals surface area contributed by atoms with Gasteiger partial charge in [-0.05, 0) is 86.5 Å². The van der Waals surface area contributed by atoms with Crippen molar-refractivity contribution >= 4 is 18.1 Å². The molecule has 0 saturated carbocycles. The third kappa shape index (κ3) is 44.3. The fourth-order valence-corrected chi connectivity index (χ4v) is 7.00. The van der Waals surface area contributed by atoms with Gasteiger partial charge in [0.15, 0.2) is 12.6 Å². The lowest BCUT2D eigenvalue weighted by atomic mass is 9.99. The molecule has 1 saturated heterocycles. The Bertz CT molecular complexity index is 1770. The van der Waals surface area contributed by atoms with Gasteiger partial charge < -0.3 is 42.8 Å². The van der Waals surface area contributed by atoms with Crippen LogP contribution in [0.3, 0.4) is 0 Å². The number of piperidine rings is 1. The lowest BCUT2D eigenvalue weighted by molar-refractivity contribution is -0.158. The highest BCUT2D eigenvalue weighted by Crippen LogP contribution is 2.19. The molecule has 0 aromatic heterocycles. The van der Waals surface area contributed by atoms with Gasteiger partial charge >= 0.3 is 18.1 Å². The number of unbranched alkanes of at least 4 members (excludes halogenated alkanes) is 7. The van der Waals surface area contributed by atoms with E-state index in [4.69, 9.17) is 37.9 Å². The first-order valence-corrected chi connectivity index (χ1v) is 29.0. The molecule has 75 heavy (non-hydrogen) atoms. The largest absolute Gasteiger partial charge is 0.508 e. The van der Waals surface area contributed by atoms with Crippen LogP contribution in [0.5, 0.6) is 0 Å². The summed E-state index contributed by atoms with van der Waals surface area (Å²) in [5.41, 5.74) is 1.90. The number of rotatable bonds is 34. The Balaban J connectivity index is 0. The van der Waals surface area contributed by atoms with Gasteiger partial charge in [-0.1, -0.05) is 95.4 Å². The maximum Gasteiger partial charge on any atom is 0.508 e. The Kier molecular flexibility index (Phi) is 53.9. The van der Waals surface area contributed by atoms with E-state index in [0.717, 1.165) is 103 Å². The summed E-state index contributed by atoms with van der Waals surface area (Å²) in [6.45, 7) is 27.2. The number of hydrogen-bond donors (Lipinski definition) is 0. The molecular weight excluding hydrogens is 947 g/mol. The number of ether oxygens (including phenoxy) is 8. The lowest BCUT2D eigenvalue weighted by Gasteiger charge is -2.31. The average Bonchev–Trinajstić information content (AvgIpc) is 3.44. The number of esters is 2. The predicted octanol–water partition coefficient (Wildman–Crippen LogP) is 14.5. The van der Waals surface area contributed by atoms with Crippen LogP contribution in [0.2, 0.25) is 0 Å². The van der Waals surface area contributed by atoms with Gasteiger partial charge in [-0.25, -0.2) is 4.79 Å². The minimum Gasteiger partial charge on any atom is -0.461 e. The van der Waals surface area contributed by atoms with E-state index < -0.39 is 30.7 Å². The van der Waals surface area contributed by atoms with Crippen LogP contribution in [0.4, 0.5) is 4.79 Å². The van der Waals surface area contributed by atoms with Crippen molar-refractivity contribution in [2.45, 2.75) is 243 Å². The van der Waals surface area contributed by atoms with Gasteiger partial charge in [0, 0.05) is 76.7 Å². The van der Waals surface area contributed by atoms with Crippen LogP contribution in [-0.4, -0.2) is 88.2 Å². The van der Waals surface area contributed by atoms with Crippen molar-refractivity contribution in [2.24, 2.45) is 5.92 Å². The molecule has 12 heteroatoms. The molecule has 1 aromatic carbocycles. The number of carbonyl (C=O) groups is 3. The topological polar surface area (TPSA) is 128 Å². The third-order valence-corrected chi connectivity index (χ3v) is 10.9. The molecule has 0 amide bonds. The van der Waals surface area contributed by atoms with E-state index in [0.29, 0.717) is 88.2 Å². The van der Waals surface area contributed by atoms with Crippen LogP contribution in [0, 0.1) is 53.3 Å². The maximum absolute atomic E-state index is 13.1. The Morgan fingerprint density at radius 2 is 0.880 bits per heavy atom. The number of hydrogen-bond acceptors (Lipinski definition) is 12. The van der Waals surface area contributed by atoms with Crippen molar-refractivity contribution in [1.82, 2.24) is 4.90 Å². The van der Waals surface area contributed by atoms with Crippen LogP contribution in [0.1, 0.15) is 228 Å². The van der Waals surface area contributed by atoms with E-state index in [-0.39, 0.29) is 38.6 Å². The fourth-order valence-electron chi connectivity index (χ4n) is 7.00. The molecule has 0 aliphatic carbocycles.